The minimum absolute atomic E-state index is 0.000389. The highest BCUT2D eigenvalue weighted by Crippen LogP contribution is 2.28. The summed E-state index contributed by atoms with van der Waals surface area (Å²) >= 11 is 19.0. The zero-order chi connectivity index (χ0) is 32.6. The molecule has 236 valence electrons. The van der Waals surface area contributed by atoms with E-state index in [4.69, 9.17) is 34.8 Å². The second-order valence-electron chi connectivity index (χ2n) is 10.6. The summed E-state index contributed by atoms with van der Waals surface area (Å²) in [7, 11) is -4.23. The fraction of sp³-hybridized carbons (Fsp3) is 0.235. The highest BCUT2D eigenvalue weighted by molar-refractivity contribution is 7.92. The molecule has 0 unspecified atom stereocenters. The lowest BCUT2D eigenvalue weighted by Gasteiger charge is -2.34. The lowest BCUT2D eigenvalue weighted by Crippen LogP contribution is -2.54. The van der Waals surface area contributed by atoms with Crippen LogP contribution in [-0.4, -0.2) is 43.8 Å². The molecule has 1 N–H and O–H groups in total. The van der Waals surface area contributed by atoms with Crippen LogP contribution in [0.4, 0.5) is 5.69 Å². The van der Waals surface area contributed by atoms with Crippen molar-refractivity contribution in [1.82, 2.24) is 10.2 Å². The number of rotatable bonds is 13. The molecule has 0 aromatic heterocycles. The fourth-order valence-electron chi connectivity index (χ4n) is 4.71. The van der Waals surface area contributed by atoms with Gasteiger partial charge in [0.2, 0.25) is 11.8 Å². The highest BCUT2D eigenvalue weighted by Gasteiger charge is 2.35. The van der Waals surface area contributed by atoms with Crippen LogP contribution in [0.3, 0.4) is 0 Å². The van der Waals surface area contributed by atoms with Crippen LogP contribution in [0.25, 0.3) is 0 Å². The molecule has 0 aliphatic heterocycles. The van der Waals surface area contributed by atoms with Crippen molar-refractivity contribution in [1.29, 1.82) is 0 Å². The molecule has 0 fully saturated rings. The normalized spacial score (nSPS) is 12.6. The van der Waals surface area contributed by atoms with Gasteiger partial charge in [0.15, 0.2) is 0 Å². The summed E-state index contributed by atoms with van der Waals surface area (Å²) in [6, 6.07) is 27.2. The zero-order valence-electron chi connectivity index (χ0n) is 24.9. The molecule has 4 aromatic rings. The molecule has 0 aliphatic rings. The van der Waals surface area contributed by atoms with E-state index in [9.17, 15) is 18.0 Å². The van der Waals surface area contributed by atoms with Crippen LogP contribution < -0.4 is 9.62 Å². The van der Waals surface area contributed by atoms with Crippen molar-refractivity contribution >= 4 is 62.3 Å². The zero-order valence-corrected chi connectivity index (χ0v) is 28.0. The Kier molecular flexibility index (Phi) is 11.9. The molecule has 2 amide bonds. The second kappa shape index (κ2) is 15.6. The average Bonchev–Trinajstić information content (AvgIpc) is 3.03. The predicted octanol–water partition coefficient (Wildman–Crippen LogP) is 7.40. The van der Waals surface area contributed by atoms with Crippen molar-refractivity contribution in [3.05, 3.63) is 129 Å². The third-order valence-electron chi connectivity index (χ3n) is 7.33. The molecule has 11 heteroatoms. The molecular weight excluding hydrogens is 653 g/mol. The Balaban J connectivity index is 1.82. The van der Waals surface area contributed by atoms with Gasteiger partial charge in [0.1, 0.15) is 12.6 Å². The molecule has 2 atom stereocenters. The molecule has 0 heterocycles. The number of amides is 2. The SMILES string of the molecule is CC[C@H](C)NC(=O)[C@@H](Cc1ccccc1)N(Cc1ccc(Cl)cc1Cl)C(=O)CN(c1cccc(Cl)c1)S(=O)(=O)c1ccccc1. The van der Waals surface area contributed by atoms with Gasteiger partial charge in [-0.25, -0.2) is 8.42 Å². The number of nitrogens with zero attached hydrogens (tertiary/aromatic N) is 2. The van der Waals surface area contributed by atoms with Crippen LogP contribution >= 0.6 is 34.8 Å². The number of halogens is 3. The second-order valence-corrected chi connectivity index (χ2v) is 13.7. The minimum Gasteiger partial charge on any atom is -0.352 e. The van der Waals surface area contributed by atoms with Gasteiger partial charge in [0.05, 0.1) is 10.6 Å². The van der Waals surface area contributed by atoms with Gasteiger partial charge in [-0.05, 0) is 66.9 Å². The van der Waals surface area contributed by atoms with Crippen molar-refractivity contribution in [3.63, 3.8) is 0 Å². The van der Waals surface area contributed by atoms with Gasteiger partial charge in [-0.3, -0.25) is 13.9 Å². The molecule has 4 aromatic carbocycles. The molecule has 45 heavy (non-hydrogen) atoms. The third kappa shape index (κ3) is 9.01. The fourth-order valence-corrected chi connectivity index (χ4v) is 6.79. The Morgan fingerprint density at radius 2 is 1.47 bits per heavy atom. The van der Waals surface area contributed by atoms with Gasteiger partial charge in [-0.15, -0.1) is 0 Å². The largest absolute Gasteiger partial charge is 0.352 e. The Hall–Kier alpha value is -3.56. The lowest BCUT2D eigenvalue weighted by molar-refractivity contribution is -0.140. The summed E-state index contributed by atoms with van der Waals surface area (Å²) in [4.78, 5) is 29.8. The Morgan fingerprint density at radius 1 is 0.822 bits per heavy atom. The van der Waals surface area contributed by atoms with Crippen molar-refractivity contribution in [2.75, 3.05) is 10.8 Å². The van der Waals surface area contributed by atoms with Crippen molar-refractivity contribution in [2.24, 2.45) is 0 Å². The van der Waals surface area contributed by atoms with Crippen molar-refractivity contribution in [3.8, 4) is 0 Å². The van der Waals surface area contributed by atoms with Crippen LogP contribution in [0, 0.1) is 0 Å². The van der Waals surface area contributed by atoms with E-state index < -0.39 is 28.5 Å². The smallest absolute Gasteiger partial charge is 0.264 e. The molecular formula is C34H34Cl3N3O4S. The first-order valence-corrected chi connectivity index (χ1v) is 17.0. The summed E-state index contributed by atoms with van der Waals surface area (Å²) in [6.07, 6.45) is 0.862. The van der Waals surface area contributed by atoms with Gasteiger partial charge in [-0.2, -0.15) is 0 Å². The van der Waals surface area contributed by atoms with E-state index in [2.05, 4.69) is 5.32 Å². The van der Waals surface area contributed by atoms with Gasteiger partial charge >= 0.3 is 0 Å². The third-order valence-corrected chi connectivity index (χ3v) is 9.94. The van der Waals surface area contributed by atoms with Crippen LogP contribution in [0.1, 0.15) is 31.4 Å². The molecule has 0 radical (unpaired) electrons. The van der Waals surface area contributed by atoms with Gasteiger partial charge in [-0.1, -0.05) is 102 Å². The number of sulfonamides is 1. The highest BCUT2D eigenvalue weighted by atomic mass is 35.5. The quantitative estimate of drug-likeness (QED) is 0.159. The molecule has 0 saturated carbocycles. The Bertz CT molecular complexity index is 1720. The number of carbonyl (C=O) groups excluding carboxylic acids is 2. The first kappa shape index (κ1) is 34.3. The summed E-state index contributed by atoms with van der Waals surface area (Å²) in [6.45, 7) is 3.15. The lowest BCUT2D eigenvalue weighted by atomic mass is 10.0. The monoisotopic (exact) mass is 685 g/mol. The van der Waals surface area contributed by atoms with Gasteiger partial charge in [0.25, 0.3) is 10.0 Å². The maximum Gasteiger partial charge on any atom is 0.264 e. The van der Waals surface area contributed by atoms with Crippen molar-refractivity contribution in [2.45, 2.75) is 50.2 Å². The van der Waals surface area contributed by atoms with E-state index in [-0.39, 0.29) is 35.5 Å². The van der Waals surface area contributed by atoms with E-state index in [1.165, 1.54) is 23.1 Å². The topological polar surface area (TPSA) is 86.8 Å². The first-order valence-electron chi connectivity index (χ1n) is 14.4. The van der Waals surface area contributed by atoms with Crippen molar-refractivity contribution < 1.29 is 18.0 Å². The summed E-state index contributed by atoms with van der Waals surface area (Å²) in [5, 5.41) is 4.03. The van der Waals surface area contributed by atoms with Crippen LogP contribution in [0.2, 0.25) is 15.1 Å². The van der Waals surface area contributed by atoms with Gasteiger partial charge in [0, 0.05) is 34.1 Å². The van der Waals surface area contributed by atoms with E-state index in [1.54, 1.807) is 54.6 Å². The summed E-state index contributed by atoms with van der Waals surface area (Å²) < 4.78 is 29.1. The standard InChI is InChI=1S/C34H34Cl3N3O4S/c1-3-24(2)38-34(42)32(19-25-11-6-4-7-12-25)39(22-26-17-18-28(36)21-31(26)37)33(41)23-40(29-14-10-13-27(35)20-29)45(43,44)30-15-8-5-9-16-30/h4-18,20-21,24,32H,3,19,22-23H2,1-2H3,(H,38,42)/t24-,32+/m0/s1. The maximum absolute atomic E-state index is 14.5. The summed E-state index contributed by atoms with van der Waals surface area (Å²) in [5.41, 5.74) is 1.57. The number of anilines is 1. The average molecular weight is 687 g/mol. The number of nitrogens with one attached hydrogen (secondary N) is 1. The minimum atomic E-state index is -4.23. The maximum atomic E-state index is 14.5. The van der Waals surface area contributed by atoms with E-state index in [0.29, 0.717) is 27.1 Å². The van der Waals surface area contributed by atoms with E-state index >= 15 is 0 Å². The predicted molar refractivity (Wildman–Crippen MR) is 181 cm³/mol. The molecule has 0 spiro atoms. The Morgan fingerprint density at radius 3 is 2.09 bits per heavy atom. The molecule has 7 nitrogen and oxygen atoms in total. The van der Waals surface area contributed by atoms with Crippen LogP contribution in [0.5, 0.6) is 0 Å². The molecule has 0 saturated heterocycles. The summed E-state index contributed by atoms with van der Waals surface area (Å²) in [5.74, 6) is -0.979. The number of hydrogen-bond donors (Lipinski definition) is 1. The van der Waals surface area contributed by atoms with Gasteiger partial charge < -0.3 is 10.2 Å². The molecule has 4 rings (SSSR count). The van der Waals surface area contributed by atoms with Crippen LogP contribution in [-0.2, 0) is 32.6 Å². The number of carbonyl (C=O) groups is 2. The van der Waals surface area contributed by atoms with E-state index in [0.717, 1.165) is 9.87 Å². The molecule has 0 aliphatic carbocycles. The number of hydrogen-bond acceptors (Lipinski definition) is 4. The van der Waals surface area contributed by atoms with E-state index in [1.807, 2.05) is 44.2 Å². The molecule has 0 bridgehead atoms. The first-order chi connectivity index (χ1) is 21.5. The Labute approximate surface area is 279 Å². The van der Waals surface area contributed by atoms with Crippen LogP contribution in [0.15, 0.2) is 108 Å². The number of benzene rings is 4.